The number of carbonyl (C=O) groups is 2. The number of aliphatic hydroxyl groups is 1. The average Bonchev–Trinajstić information content (AvgIpc) is 3.15. The first-order valence-electron chi connectivity index (χ1n) is 21.8. The summed E-state index contributed by atoms with van der Waals surface area (Å²) in [5.74, 6) is -0.927. The minimum Gasteiger partial charge on any atom is -0.462 e. The van der Waals surface area contributed by atoms with Crippen molar-refractivity contribution in [2.24, 2.45) is 0 Å². The second-order valence-corrected chi connectivity index (χ2v) is 17.0. The van der Waals surface area contributed by atoms with E-state index in [0.29, 0.717) is 36.7 Å². The van der Waals surface area contributed by atoms with Gasteiger partial charge in [-0.25, -0.2) is 4.57 Å². The molecule has 0 amide bonds. The molecule has 0 fully saturated rings. The molecule has 57 heavy (non-hydrogen) atoms. The molecule has 0 bridgehead atoms. The number of phosphoric acid groups is 1. The van der Waals surface area contributed by atoms with Crippen molar-refractivity contribution in [1.29, 1.82) is 0 Å². The van der Waals surface area contributed by atoms with E-state index < -0.39 is 38.6 Å². The number of esters is 2. The van der Waals surface area contributed by atoms with Crippen LogP contribution in [0.25, 0.3) is 0 Å². The summed E-state index contributed by atoms with van der Waals surface area (Å²) in [6.45, 7) is 4.17. The predicted octanol–water partition coefficient (Wildman–Crippen LogP) is 11.2. The van der Waals surface area contributed by atoms with E-state index in [1.54, 1.807) is 6.08 Å². The van der Waals surface area contributed by atoms with Crippen LogP contribution < -0.4 is 0 Å². The Morgan fingerprint density at radius 3 is 1.81 bits per heavy atom. The number of carbonyl (C=O) groups excluding carboxylic acids is 2. The number of ether oxygens (including phenoxy) is 2. The number of hydrogen-bond donors (Lipinski definition) is 2. The van der Waals surface area contributed by atoms with Gasteiger partial charge < -0.3 is 24.0 Å². The lowest BCUT2D eigenvalue weighted by atomic mass is 10.1. The monoisotopic (exact) mass is 823 g/mol. The van der Waals surface area contributed by atoms with E-state index in [1.165, 1.54) is 38.5 Å². The Bertz CT molecular complexity index is 1220. The van der Waals surface area contributed by atoms with Gasteiger partial charge in [0.1, 0.15) is 19.8 Å². The van der Waals surface area contributed by atoms with Crippen molar-refractivity contribution >= 4 is 19.8 Å². The van der Waals surface area contributed by atoms with Gasteiger partial charge in [-0.05, 0) is 77.0 Å². The van der Waals surface area contributed by atoms with Gasteiger partial charge in [0, 0.05) is 12.8 Å². The lowest BCUT2D eigenvalue weighted by molar-refractivity contribution is -0.870. The predicted molar refractivity (Wildman–Crippen MR) is 235 cm³/mol. The Morgan fingerprint density at radius 1 is 0.632 bits per heavy atom. The average molecular weight is 823 g/mol. The first kappa shape index (κ1) is 54.4. The highest BCUT2D eigenvalue weighted by Crippen LogP contribution is 2.43. The first-order valence-corrected chi connectivity index (χ1v) is 23.3. The van der Waals surface area contributed by atoms with Crippen LogP contribution in [0.3, 0.4) is 0 Å². The van der Waals surface area contributed by atoms with Crippen LogP contribution in [0.5, 0.6) is 0 Å². The fourth-order valence-corrected chi connectivity index (χ4v) is 6.04. The van der Waals surface area contributed by atoms with Gasteiger partial charge in [0.15, 0.2) is 6.10 Å². The third-order valence-corrected chi connectivity index (χ3v) is 9.77. The number of unbranched alkanes of at least 4 members (excludes halogenated alkanes) is 12. The van der Waals surface area contributed by atoms with Crippen LogP contribution in [0.4, 0.5) is 0 Å². The number of aliphatic hydroxyl groups excluding tert-OH is 1. The zero-order chi connectivity index (χ0) is 42.3. The number of nitrogens with zero attached hydrogens (tertiary/aromatic N) is 1. The molecule has 328 valence electrons. The Hall–Kier alpha value is -2.59. The van der Waals surface area contributed by atoms with Gasteiger partial charge in [-0.15, -0.1) is 0 Å². The van der Waals surface area contributed by atoms with Gasteiger partial charge in [-0.3, -0.25) is 18.6 Å². The van der Waals surface area contributed by atoms with Crippen LogP contribution in [0.2, 0.25) is 0 Å². The number of quaternary nitrogens is 1. The summed E-state index contributed by atoms with van der Waals surface area (Å²) in [7, 11) is 1.39. The molecule has 2 N–H and O–H groups in total. The minimum absolute atomic E-state index is 0.00677. The molecular formula is C46H81NO9P+. The smallest absolute Gasteiger partial charge is 0.462 e. The Morgan fingerprint density at radius 2 is 1.18 bits per heavy atom. The van der Waals surface area contributed by atoms with E-state index in [4.69, 9.17) is 18.5 Å². The molecule has 0 aromatic rings. The van der Waals surface area contributed by atoms with Gasteiger partial charge in [0.2, 0.25) is 0 Å². The highest BCUT2D eigenvalue weighted by molar-refractivity contribution is 7.47. The fourth-order valence-electron chi connectivity index (χ4n) is 5.30. The Balaban J connectivity index is 4.57. The summed E-state index contributed by atoms with van der Waals surface area (Å²) in [5, 5.41) is 10.0. The molecule has 0 radical (unpaired) electrons. The summed E-state index contributed by atoms with van der Waals surface area (Å²) < 4.78 is 34.2. The largest absolute Gasteiger partial charge is 0.472 e. The number of rotatable bonds is 38. The molecule has 0 saturated carbocycles. The molecule has 0 aromatic heterocycles. The lowest BCUT2D eigenvalue weighted by Crippen LogP contribution is -2.37. The van der Waals surface area contributed by atoms with Gasteiger partial charge in [-0.2, -0.15) is 0 Å². The van der Waals surface area contributed by atoms with Crippen molar-refractivity contribution < 1.29 is 47.2 Å². The molecule has 0 aliphatic carbocycles. The zero-order valence-electron chi connectivity index (χ0n) is 36.4. The third kappa shape index (κ3) is 41.4. The molecule has 0 rings (SSSR count). The quantitative estimate of drug-likeness (QED) is 0.0156. The molecular weight excluding hydrogens is 741 g/mol. The van der Waals surface area contributed by atoms with Crippen molar-refractivity contribution in [2.75, 3.05) is 47.5 Å². The summed E-state index contributed by atoms with van der Waals surface area (Å²) in [6, 6.07) is 0. The van der Waals surface area contributed by atoms with E-state index in [9.17, 15) is 24.2 Å². The van der Waals surface area contributed by atoms with E-state index in [2.05, 4.69) is 44.2 Å². The topological polar surface area (TPSA) is 129 Å². The molecule has 3 atom stereocenters. The molecule has 0 saturated heterocycles. The van der Waals surface area contributed by atoms with Gasteiger partial charge >= 0.3 is 19.8 Å². The molecule has 10 nitrogen and oxygen atoms in total. The van der Waals surface area contributed by atoms with Crippen molar-refractivity contribution in [3.05, 3.63) is 72.9 Å². The van der Waals surface area contributed by atoms with Gasteiger partial charge in [-0.1, -0.05) is 132 Å². The third-order valence-electron chi connectivity index (χ3n) is 8.79. The molecule has 0 aliphatic heterocycles. The molecule has 0 spiro atoms. The SMILES string of the molecule is CCCCC/C=C\C/C=C\CCCCCCCC(=O)O[C@H](COC(=O)CCC/C=C\C/C=C\C=C\[C@H](O)C/C=C\CCCCC)COP(=O)(O)OCC[N+](C)(C)C. The van der Waals surface area contributed by atoms with E-state index in [1.807, 2.05) is 57.6 Å². The maximum absolute atomic E-state index is 12.7. The fraction of sp³-hybridized carbons (Fsp3) is 0.696. The van der Waals surface area contributed by atoms with Crippen LogP contribution in [-0.4, -0.2) is 86.1 Å². The van der Waals surface area contributed by atoms with Crippen LogP contribution >= 0.6 is 7.82 Å². The van der Waals surface area contributed by atoms with Crippen LogP contribution in [-0.2, 0) is 32.7 Å². The molecule has 0 aliphatic rings. The maximum Gasteiger partial charge on any atom is 0.472 e. The Kier molecular flexibility index (Phi) is 36.0. The standard InChI is InChI=1S/C46H80NO9P/c1-6-8-10-12-14-15-16-17-18-19-20-21-26-30-34-38-46(50)56-44(42-55-57(51,52)54-40-39-47(3,4)5)41-53-45(49)37-33-29-25-23-22-24-28-32-36-43(48)35-31-27-13-11-9-7-2/h14-15,17-18,23-25,27-28,31-32,36,43-44,48H,6-13,16,19-22,26,29-30,33-35,37-42H2,1-5H3/p+1/b15-14-,18-17-,25-23-,28-24-,31-27-,36-32+/t43-,44-/m1/s1. The van der Waals surface area contributed by atoms with Crippen molar-refractivity contribution in [2.45, 2.75) is 161 Å². The van der Waals surface area contributed by atoms with Gasteiger partial charge in [0.25, 0.3) is 0 Å². The summed E-state index contributed by atoms with van der Waals surface area (Å²) in [6.07, 6.45) is 42.7. The van der Waals surface area contributed by atoms with E-state index in [-0.39, 0.29) is 26.1 Å². The highest BCUT2D eigenvalue weighted by Gasteiger charge is 2.27. The minimum atomic E-state index is -4.41. The molecule has 0 aromatic carbocycles. The van der Waals surface area contributed by atoms with Crippen molar-refractivity contribution in [1.82, 2.24) is 0 Å². The molecule has 0 heterocycles. The molecule has 1 unspecified atom stereocenters. The van der Waals surface area contributed by atoms with Crippen LogP contribution in [0.15, 0.2) is 72.9 Å². The second kappa shape index (κ2) is 37.7. The second-order valence-electron chi connectivity index (χ2n) is 15.6. The number of hydrogen-bond acceptors (Lipinski definition) is 8. The molecule has 11 heteroatoms. The first-order chi connectivity index (χ1) is 27.4. The summed E-state index contributed by atoms with van der Waals surface area (Å²) >= 11 is 0. The number of phosphoric ester groups is 1. The van der Waals surface area contributed by atoms with Crippen molar-refractivity contribution in [3.63, 3.8) is 0 Å². The van der Waals surface area contributed by atoms with Crippen LogP contribution in [0, 0.1) is 0 Å². The zero-order valence-corrected chi connectivity index (χ0v) is 37.3. The van der Waals surface area contributed by atoms with Gasteiger partial charge in [0.05, 0.1) is 33.9 Å². The summed E-state index contributed by atoms with van der Waals surface area (Å²) in [4.78, 5) is 35.3. The van der Waals surface area contributed by atoms with E-state index in [0.717, 1.165) is 57.8 Å². The number of allylic oxidation sites excluding steroid dienone is 10. The van der Waals surface area contributed by atoms with E-state index >= 15 is 0 Å². The highest BCUT2D eigenvalue weighted by atomic mass is 31.2. The van der Waals surface area contributed by atoms with Crippen molar-refractivity contribution in [3.8, 4) is 0 Å². The van der Waals surface area contributed by atoms with Crippen LogP contribution in [0.1, 0.15) is 149 Å². The lowest BCUT2D eigenvalue weighted by Gasteiger charge is -2.24. The Labute approximate surface area is 347 Å². The normalized spacial score (nSPS) is 14.9. The number of likely N-dealkylation sites (N-methyl/N-ethyl adjacent to an activating group) is 1. The summed E-state index contributed by atoms with van der Waals surface area (Å²) in [5.41, 5.74) is 0. The maximum atomic E-state index is 12.7.